The Morgan fingerprint density at radius 2 is 1.72 bits per heavy atom. The van der Waals surface area contributed by atoms with Crippen molar-refractivity contribution in [1.82, 2.24) is 9.80 Å². The Balaban J connectivity index is 1.32. The fourth-order valence-electron chi connectivity index (χ4n) is 4.93. The third-order valence-electron chi connectivity index (χ3n) is 6.23. The number of methoxy groups -OCH3 is 1. The van der Waals surface area contributed by atoms with Crippen molar-refractivity contribution in [2.75, 3.05) is 39.9 Å². The summed E-state index contributed by atoms with van der Waals surface area (Å²) in [5.74, 6) is 2.83. The van der Waals surface area contributed by atoms with E-state index in [0.29, 0.717) is 18.4 Å². The summed E-state index contributed by atoms with van der Waals surface area (Å²) >= 11 is 0. The van der Waals surface area contributed by atoms with E-state index in [1.807, 2.05) is 30.3 Å². The summed E-state index contributed by atoms with van der Waals surface area (Å²) in [6, 6.07) is 18.5. The highest BCUT2D eigenvalue weighted by atomic mass is 16.5. The maximum atomic E-state index is 12.2. The first-order chi connectivity index (χ1) is 14.2. The highest BCUT2D eigenvalue weighted by molar-refractivity contribution is 5.74. The van der Waals surface area contributed by atoms with Gasteiger partial charge in [-0.25, -0.2) is 0 Å². The van der Waals surface area contributed by atoms with E-state index < -0.39 is 0 Å². The van der Waals surface area contributed by atoms with Crippen LogP contribution in [0.4, 0.5) is 0 Å². The predicted molar refractivity (Wildman–Crippen MR) is 113 cm³/mol. The van der Waals surface area contributed by atoms with E-state index in [1.54, 1.807) is 14.0 Å². The van der Waals surface area contributed by atoms with Gasteiger partial charge in [-0.1, -0.05) is 42.5 Å². The minimum Gasteiger partial charge on any atom is -0.493 e. The molecular formula is C24H30N2O3. The molecule has 0 saturated carbocycles. The van der Waals surface area contributed by atoms with Crippen LogP contribution >= 0.6 is 0 Å². The number of carbonyl (C=O) groups is 1. The third-order valence-corrected chi connectivity index (χ3v) is 6.23. The Kier molecular flexibility index (Phi) is 6.05. The lowest BCUT2D eigenvalue weighted by Gasteiger charge is -2.29. The van der Waals surface area contributed by atoms with Crippen molar-refractivity contribution in [1.29, 1.82) is 0 Å². The predicted octanol–water partition coefficient (Wildman–Crippen LogP) is 3.62. The average molecular weight is 395 g/mol. The molecule has 3 atom stereocenters. The summed E-state index contributed by atoms with van der Waals surface area (Å²) in [6.45, 7) is 6.37. The van der Waals surface area contributed by atoms with E-state index in [2.05, 4.69) is 34.1 Å². The van der Waals surface area contributed by atoms with Crippen LogP contribution in [0, 0.1) is 11.8 Å². The molecular weight excluding hydrogens is 364 g/mol. The summed E-state index contributed by atoms with van der Waals surface area (Å²) < 4.78 is 11.3. The monoisotopic (exact) mass is 394 g/mol. The Hall–Kier alpha value is -2.53. The van der Waals surface area contributed by atoms with E-state index in [-0.39, 0.29) is 11.9 Å². The van der Waals surface area contributed by atoms with Crippen molar-refractivity contribution in [2.45, 2.75) is 19.4 Å². The fourth-order valence-corrected chi connectivity index (χ4v) is 4.93. The van der Waals surface area contributed by atoms with E-state index >= 15 is 0 Å². The molecule has 2 aromatic rings. The van der Waals surface area contributed by atoms with Crippen molar-refractivity contribution in [3.8, 4) is 11.5 Å². The van der Waals surface area contributed by atoms with Gasteiger partial charge in [0, 0.05) is 39.0 Å². The summed E-state index contributed by atoms with van der Waals surface area (Å²) in [5.41, 5.74) is 1.26. The van der Waals surface area contributed by atoms with E-state index in [9.17, 15) is 4.79 Å². The average Bonchev–Trinajstić information content (AvgIpc) is 3.29. The Bertz CT molecular complexity index is 826. The molecule has 2 fully saturated rings. The number of benzene rings is 2. The number of likely N-dealkylation sites (tertiary alicyclic amines) is 2. The molecule has 5 nitrogen and oxygen atoms in total. The zero-order chi connectivity index (χ0) is 20.2. The van der Waals surface area contributed by atoms with Crippen LogP contribution in [0.2, 0.25) is 0 Å². The number of amides is 1. The summed E-state index contributed by atoms with van der Waals surface area (Å²) in [6.07, 6.45) is 0.976. The lowest BCUT2D eigenvalue weighted by atomic mass is 9.89. The second-order valence-electron chi connectivity index (χ2n) is 8.06. The molecule has 2 aliphatic rings. The quantitative estimate of drug-likeness (QED) is 0.673. The first-order valence-electron chi connectivity index (χ1n) is 10.5. The molecule has 154 valence electrons. The van der Waals surface area contributed by atoms with Crippen LogP contribution in [0.3, 0.4) is 0 Å². The molecule has 2 aliphatic heterocycles. The first kappa shape index (κ1) is 19.8. The van der Waals surface area contributed by atoms with E-state index in [4.69, 9.17) is 9.47 Å². The molecule has 29 heavy (non-hydrogen) atoms. The van der Waals surface area contributed by atoms with Crippen LogP contribution in [0.25, 0.3) is 0 Å². The molecule has 5 heteroatoms. The van der Waals surface area contributed by atoms with E-state index in [0.717, 1.165) is 44.1 Å². The standard InChI is InChI=1S/C24H30N2O3/c1-18(27)26-16-20-15-25(17-21(20)24(26)19-9-4-3-5-10-19)13-8-14-29-23-12-7-6-11-22(23)28-2/h3-7,9-12,20-21,24H,8,13-17H2,1-2H3/t20-,21-,24-/m1/s1. The van der Waals surface area contributed by atoms with Gasteiger partial charge in [-0.3, -0.25) is 4.79 Å². The van der Waals surface area contributed by atoms with Gasteiger partial charge in [0.25, 0.3) is 0 Å². The second kappa shape index (κ2) is 8.87. The molecule has 0 unspecified atom stereocenters. The smallest absolute Gasteiger partial charge is 0.219 e. The highest BCUT2D eigenvalue weighted by Crippen LogP contribution is 2.44. The number of ether oxygens (including phenoxy) is 2. The van der Waals surface area contributed by atoms with Gasteiger partial charge >= 0.3 is 0 Å². The van der Waals surface area contributed by atoms with Crippen LogP contribution < -0.4 is 9.47 Å². The highest BCUT2D eigenvalue weighted by Gasteiger charge is 2.48. The minimum absolute atomic E-state index is 0.185. The number of hydrogen-bond acceptors (Lipinski definition) is 4. The number of rotatable bonds is 7. The van der Waals surface area contributed by atoms with E-state index in [1.165, 1.54) is 5.56 Å². The third kappa shape index (κ3) is 4.25. The molecule has 0 aliphatic carbocycles. The Labute approximate surface area is 173 Å². The second-order valence-corrected chi connectivity index (χ2v) is 8.06. The lowest BCUT2D eigenvalue weighted by Crippen LogP contribution is -2.34. The van der Waals surface area contributed by atoms with Gasteiger partial charge in [-0.15, -0.1) is 0 Å². The van der Waals surface area contributed by atoms with Gasteiger partial charge in [0.15, 0.2) is 11.5 Å². The van der Waals surface area contributed by atoms with Gasteiger partial charge in [-0.05, 0) is 30.0 Å². The number of para-hydroxylation sites is 2. The SMILES string of the molecule is COc1ccccc1OCCCN1C[C@@H]2CN(C(C)=O)[C@H](c3ccccc3)[C@@H]2C1. The first-order valence-corrected chi connectivity index (χ1v) is 10.5. The normalized spacial score (nSPS) is 23.8. The Morgan fingerprint density at radius 1 is 1.00 bits per heavy atom. The van der Waals surface area contributed by atoms with Gasteiger partial charge in [0.2, 0.25) is 5.91 Å². The van der Waals surface area contributed by atoms with Crippen LogP contribution in [-0.2, 0) is 4.79 Å². The number of nitrogens with zero attached hydrogens (tertiary/aromatic N) is 2. The van der Waals surface area contributed by atoms with Crippen molar-refractivity contribution >= 4 is 5.91 Å². The molecule has 0 spiro atoms. The molecule has 0 bridgehead atoms. The molecule has 2 heterocycles. The summed E-state index contributed by atoms with van der Waals surface area (Å²) in [7, 11) is 1.67. The van der Waals surface area contributed by atoms with Gasteiger partial charge in [-0.2, -0.15) is 0 Å². The number of fused-ring (bicyclic) bond motifs is 1. The maximum Gasteiger partial charge on any atom is 0.219 e. The van der Waals surface area contributed by atoms with Gasteiger partial charge in [0.05, 0.1) is 19.8 Å². The lowest BCUT2D eigenvalue weighted by molar-refractivity contribution is -0.130. The van der Waals surface area contributed by atoms with Crippen LogP contribution in [0.15, 0.2) is 54.6 Å². The minimum atomic E-state index is 0.185. The summed E-state index contributed by atoms with van der Waals surface area (Å²) in [4.78, 5) is 16.8. The molecule has 4 rings (SSSR count). The van der Waals surface area contributed by atoms with Gasteiger partial charge in [0.1, 0.15) is 0 Å². The van der Waals surface area contributed by atoms with Crippen molar-refractivity contribution in [3.63, 3.8) is 0 Å². The number of carbonyl (C=O) groups excluding carboxylic acids is 1. The van der Waals surface area contributed by atoms with Crippen molar-refractivity contribution in [2.24, 2.45) is 11.8 Å². The molecule has 1 amide bonds. The Morgan fingerprint density at radius 3 is 2.45 bits per heavy atom. The molecule has 2 aromatic carbocycles. The van der Waals surface area contributed by atoms with Crippen LogP contribution in [-0.4, -0.2) is 55.6 Å². The number of hydrogen-bond donors (Lipinski definition) is 0. The van der Waals surface area contributed by atoms with Crippen LogP contribution in [0.5, 0.6) is 11.5 Å². The van der Waals surface area contributed by atoms with Gasteiger partial charge < -0.3 is 19.3 Å². The maximum absolute atomic E-state index is 12.2. The molecule has 2 saturated heterocycles. The van der Waals surface area contributed by atoms with Crippen LogP contribution in [0.1, 0.15) is 24.9 Å². The molecule has 0 radical (unpaired) electrons. The molecule has 0 aromatic heterocycles. The summed E-state index contributed by atoms with van der Waals surface area (Å²) in [5, 5.41) is 0. The zero-order valence-corrected chi connectivity index (χ0v) is 17.3. The zero-order valence-electron chi connectivity index (χ0n) is 17.3. The largest absolute Gasteiger partial charge is 0.493 e. The topological polar surface area (TPSA) is 42.0 Å². The molecule has 0 N–H and O–H groups in total. The fraction of sp³-hybridized carbons (Fsp3) is 0.458. The van der Waals surface area contributed by atoms with Crippen molar-refractivity contribution < 1.29 is 14.3 Å². The van der Waals surface area contributed by atoms with Crippen molar-refractivity contribution in [3.05, 3.63) is 60.2 Å².